The Morgan fingerprint density at radius 2 is 1.74 bits per heavy atom. The standard InChI is InChI=1S/C26H32N6O3/c1-18-15-22(19(2)32(18)21-7-6-10-27-16-21)24(33)29-23-9-8-20(17-28-23)30-11-13-31(14-12-30)25(34)35-26(3,4)5/h6-10,15-17H,11-14H2,1-5H3,(H,28,29,33). The lowest BCUT2D eigenvalue weighted by molar-refractivity contribution is 0.0240. The van der Waals surface area contributed by atoms with Crippen LogP contribution in [0.3, 0.4) is 0 Å². The average Bonchev–Trinajstić information content (AvgIpc) is 3.13. The van der Waals surface area contributed by atoms with Crippen LogP contribution in [0.4, 0.5) is 16.3 Å². The highest BCUT2D eigenvalue weighted by Crippen LogP contribution is 2.22. The highest BCUT2D eigenvalue weighted by Gasteiger charge is 2.26. The summed E-state index contributed by atoms with van der Waals surface area (Å²) in [5.41, 5.74) is 3.74. The molecular weight excluding hydrogens is 444 g/mol. The van der Waals surface area contributed by atoms with Gasteiger partial charge in [-0.05, 0) is 65.0 Å². The number of nitrogens with one attached hydrogen (secondary N) is 1. The average molecular weight is 477 g/mol. The zero-order chi connectivity index (χ0) is 25.2. The molecular formula is C26H32N6O3. The van der Waals surface area contributed by atoms with Gasteiger partial charge < -0.3 is 24.4 Å². The third-order valence-electron chi connectivity index (χ3n) is 5.87. The molecule has 0 unspecified atom stereocenters. The summed E-state index contributed by atoms with van der Waals surface area (Å²) in [6.45, 7) is 12.0. The van der Waals surface area contributed by atoms with E-state index in [0.29, 0.717) is 37.6 Å². The molecule has 9 nitrogen and oxygen atoms in total. The first-order valence-electron chi connectivity index (χ1n) is 11.7. The van der Waals surface area contributed by atoms with Crippen LogP contribution in [0.15, 0.2) is 48.9 Å². The van der Waals surface area contributed by atoms with Crippen LogP contribution >= 0.6 is 0 Å². The second kappa shape index (κ2) is 9.77. The molecule has 184 valence electrons. The van der Waals surface area contributed by atoms with Crippen molar-refractivity contribution in [2.45, 2.75) is 40.2 Å². The number of carbonyl (C=O) groups excluding carboxylic acids is 2. The van der Waals surface area contributed by atoms with Crippen molar-refractivity contribution in [1.29, 1.82) is 0 Å². The first-order chi connectivity index (χ1) is 16.6. The third kappa shape index (κ3) is 5.62. The molecule has 3 aromatic heterocycles. The number of carbonyl (C=O) groups is 2. The number of aryl methyl sites for hydroxylation is 1. The third-order valence-corrected chi connectivity index (χ3v) is 5.87. The summed E-state index contributed by atoms with van der Waals surface area (Å²) in [5, 5.41) is 2.90. The topological polar surface area (TPSA) is 92.6 Å². The Balaban J connectivity index is 1.37. The van der Waals surface area contributed by atoms with Gasteiger partial charge in [-0.1, -0.05) is 0 Å². The number of aromatic nitrogens is 3. The van der Waals surface area contributed by atoms with E-state index in [1.54, 1.807) is 29.6 Å². The van der Waals surface area contributed by atoms with Gasteiger partial charge >= 0.3 is 6.09 Å². The molecule has 1 aliphatic heterocycles. The van der Waals surface area contributed by atoms with Gasteiger partial charge in [0.05, 0.1) is 29.3 Å². The first kappa shape index (κ1) is 24.3. The lowest BCUT2D eigenvalue weighted by atomic mass is 10.2. The number of anilines is 2. The van der Waals surface area contributed by atoms with Crippen molar-refractivity contribution >= 4 is 23.5 Å². The van der Waals surface area contributed by atoms with Gasteiger partial charge in [-0.25, -0.2) is 9.78 Å². The fraction of sp³-hybridized carbons (Fsp3) is 0.385. The monoisotopic (exact) mass is 476 g/mol. The Bertz CT molecular complexity index is 1190. The van der Waals surface area contributed by atoms with Crippen LogP contribution in [0, 0.1) is 13.8 Å². The lowest BCUT2D eigenvalue weighted by Crippen LogP contribution is -2.50. The van der Waals surface area contributed by atoms with Crippen molar-refractivity contribution in [3.8, 4) is 5.69 Å². The van der Waals surface area contributed by atoms with E-state index in [1.807, 2.05) is 63.5 Å². The van der Waals surface area contributed by atoms with E-state index in [-0.39, 0.29) is 12.0 Å². The second-order valence-electron chi connectivity index (χ2n) is 9.64. The van der Waals surface area contributed by atoms with Crippen LogP contribution in [0.5, 0.6) is 0 Å². The van der Waals surface area contributed by atoms with E-state index in [2.05, 4.69) is 20.2 Å². The smallest absolute Gasteiger partial charge is 0.410 e. The summed E-state index contributed by atoms with van der Waals surface area (Å²) in [4.78, 5) is 37.8. The van der Waals surface area contributed by atoms with E-state index in [1.165, 1.54) is 0 Å². The Kier molecular flexibility index (Phi) is 6.77. The van der Waals surface area contributed by atoms with Crippen LogP contribution in [0.1, 0.15) is 42.5 Å². The van der Waals surface area contributed by atoms with Crippen molar-refractivity contribution < 1.29 is 14.3 Å². The van der Waals surface area contributed by atoms with E-state index >= 15 is 0 Å². The zero-order valence-electron chi connectivity index (χ0n) is 20.9. The molecule has 0 saturated carbocycles. The van der Waals surface area contributed by atoms with E-state index < -0.39 is 5.60 Å². The minimum Gasteiger partial charge on any atom is -0.444 e. The number of ether oxygens (including phenoxy) is 1. The molecule has 9 heteroatoms. The summed E-state index contributed by atoms with van der Waals surface area (Å²) in [7, 11) is 0. The second-order valence-corrected chi connectivity index (χ2v) is 9.64. The molecule has 1 saturated heterocycles. The lowest BCUT2D eigenvalue weighted by Gasteiger charge is -2.36. The highest BCUT2D eigenvalue weighted by atomic mass is 16.6. The van der Waals surface area contributed by atoms with Gasteiger partial charge in [0.15, 0.2) is 0 Å². The number of rotatable bonds is 4. The van der Waals surface area contributed by atoms with Crippen molar-refractivity contribution in [1.82, 2.24) is 19.4 Å². The molecule has 0 spiro atoms. The summed E-state index contributed by atoms with van der Waals surface area (Å²) in [5.74, 6) is 0.275. The molecule has 0 atom stereocenters. The zero-order valence-corrected chi connectivity index (χ0v) is 20.9. The van der Waals surface area contributed by atoms with Crippen molar-refractivity contribution in [3.05, 3.63) is 65.9 Å². The molecule has 35 heavy (non-hydrogen) atoms. The normalized spacial score (nSPS) is 14.1. The highest BCUT2D eigenvalue weighted by molar-refractivity contribution is 6.05. The molecule has 4 heterocycles. The van der Waals surface area contributed by atoms with Gasteiger partial charge in [0.2, 0.25) is 0 Å². The van der Waals surface area contributed by atoms with Gasteiger partial charge in [0, 0.05) is 43.8 Å². The van der Waals surface area contributed by atoms with Crippen LogP contribution in [0.2, 0.25) is 0 Å². The predicted molar refractivity (Wildman–Crippen MR) is 135 cm³/mol. The van der Waals surface area contributed by atoms with Gasteiger partial charge in [0.25, 0.3) is 5.91 Å². The molecule has 0 bridgehead atoms. The number of nitrogens with zero attached hydrogens (tertiary/aromatic N) is 5. The van der Waals surface area contributed by atoms with E-state index in [4.69, 9.17) is 4.74 Å². The maximum Gasteiger partial charge on any atom is 0.410 e. The largest absolute Gasteiger partial charge is 0.444 e. The molecule has 1 fully saturated rings. The Morgan fingerprint density at radius 3 is 2.34 bits per heavy atom. The number of amides is 2. The molecule has 1 aliphatic rings. The fourth-order valence-corrected chi connectivity index (χ4v) is 4.18. The number of pyridine rings is 2. The van der Waals surface area contributed by atoms with E-state index in [9.17, 15) is 9.59 Å². The van der Waals surface area contributed by atoms with Gasteiger partial charge in [-0.3, -0.25) is 9.78 Å². The molecule has 1 N–H and O–H groups in total. The van der Waals surface area contributed by atoms with Crippen LogP contribution in [0.25, 0.3) is 5.69 Å². The maximum absolute atomic E-state index is 13.0. The Labute approximate surface area is 205 Å². The summed E-state index contributed by atoms with van der Waals surface area (Å²) < 4.78 is 7.47. The van der Waals surface area contributed by atoms with Crippen LogP contribution in [-0.2, 0) is 4.74 Å². The predicted octanol–water partition coefficient (Wildman–Crippen LogP) is 4.19. The Hall–Kier alpha value is -3.88. The van der Waals surface area contributed by atoms with E-state index in [0.717, 1.165) is 22.8 Å². The van der Waals surface area contributed by atoms with Crippen molar-refractivity contribution in [2.75, 3.05) is 36.4 Å². The summed E-state index contributed by atoms with van der Waals surface area (Å²) in [6, 6.07) is 9.44. The van der Waals surface area contributed by atoms with Gasteiger partial charge in [0.1, 0.15) is 11.4 Å². The number of hydrogen-bond donors (Lipinski definition) is 1. The molecule has 2 amide bonds. The molecule has 3 aromatic rings. The fourth-order valence-electron chi connectivity index (χ4n) is 4.18. The molecule has 0 radical (unpaired) electrons. The first-order valence-corrected chi connectivity index (χ1v) is 11.7. The quantitative estimate of drug-likeness (QED) is 0.607. The van der Waals surface area contributed by atoms with Crippen molar-refractivity contribution in [2.24, 2.45) is 0 Å². The van der Waals surface area contributed by atoms with Gasteiger partial charge in [-0.15, -0.1) is 0 Å². The SMILES string of the molecule is Cc1cc(C(=O)Nc2ccc(N3CCN(C(=O)OC(C)(C)C)CC3)cn2)c(C)n1-c1cccnc1. The van der Waals surface area contributed by atoms with Gasteiger partial charge in [-0.2, -0.15) is 0 Å². The summed E-state index contributed by atoms with van der Waals surface area (Å²) >= 11 is 0. The summed E-state index contributed by atoms with van der Waals surface area (Å²) in [6.07, 6.45) is 4.96. The Morgan fingerprint density at radius 1 is 1.00 bits per heavy atom. The number of piperazine rings is 1. The number of hydrogen-bond acceptors (Lipinski definition) is 6. The van der Waals surface area contributed by atoms with Crippen molar-refractivity contribution in [3.63, 3.8) is 0 Å². The minimum absolute atomic E-state index is 0.209. The van der Waals surface area contributed by atoms with Crippen LogP contribution in [-0.4, -0.2) is 63.2 Å². The minimum atomic E-state index is -0.503. The molecule has 0 aliphatic carbocycles. The van der Waals surface area contributed by atoms with Crippen LogP contribution < -0.4 is 10.2 Å². The maximum atomic E-state index is 13.0. The molecule has 4 rings (SSSR count). The molecule has 0 aromatic carbocycles.